The van der Waals surface area contributed by atoms with Crippen LogP contribution in [0, 0.1) is 17.2 Å². The second-order valence-electron chi connectivity index (χ2n) is 5.93. The molecule has 0 radical (unpaired) electrons. The first kappa shape index (κ1) is 15.9. The van der Waals surface area contributed by atoms with E-state index in [9.17, 15) is 10.1 Å². The van der Waals surface area contributed by atoms with E-state index in [4.69, 9.17) is 0 Å². The molecule has 0 aromatic carbocycles. The third-order valence-electron chi connectivity index (χ3n) is 3.52. The van der Waals surface area contributed by atoms with Crippen LogP contribution in [-0.2, 0) is 4.79 Å². The third kappa shape index (κ3) is 4.81. The van der Waals surface area contributed by atoms with E-state index in [2.05, 4.69) is 21.6 Å². The van der Waals surface area contributed by atoms with Crippen molar-refractivity contribution in [2.24, 2.45) is 5.92 Å². The molecule has 1 aliphatic rings. The van der Waals surface area contributed by atoms with Crippen LogP contribution in [0.2, 0.25) is 0 Å². The zero-order chi connectivity index (χ0) is 14.5. The van der Waals surface area contributed by atoms with Crippen LogP contribution in [0.15, 0.2) is 0 Å². The molecule has 0 aromatic heterocycles. The Kier molecular flexibility index (Phi) is 5.77. The van der Waals surface area contributed by atoms with Crippen LogP contribution >= 0.6 is 0 Å². The van der Waals surface area contributed by atoms with Gasteiger partial charge >= 0.3 is 0 Å². The Hall–Kier alpha value is -1.12. The summed E-state index contributed by atoms with van der Waals surface area (Å²) in [6.07, 6.45) is 1.96. The summed E-state index contributed by atoms with van der Waals surface area (Å²) in [4.78, 5) is 13.9. The molecule has 1 rings (SSSR count). The van der Waals surface area contributed by atoms with Gasteiger partial charge in [0.05, 0.1) is 12.0 Å². The van der Waals surface area contributed by atoms with Gasteiger partial charge in [0.25, 0.3) is 0 Å². The Morgan fingerprint density at radius 2 is 2.26 bits per heavy atom. The lowest BCUT2D eigenvalue weighted by Gasteiger charge is -2.37. The molecular weight excluding hydrogens is 240 g/mol. The predicted octanol–water partition coefficient (Wildman–Crippen LogP) is 0.725. The fraction of sp³-hybridized carbons (Fsp3) is 0.857. The fourth-order valence-corrected chi connectivity index (χ4v) is 2.81. The smallest absolute Gasteiger partial charge is 0.224 e. The molecular formula is C14H26N4O. The number of likely N-dealkylation sites (tertiary alicyclic amines) is 1. The van der Waals surface area contributed by atoms with Crippen LogP contribution in [0.3, 0.4) is 0 Å². The van der Waals surface area contributed by atoms with E-state index in [1.54, 1.807) is 7.05 Å². The third-order valence-corrected chi connectivity index (χ3v) is 3.52. The van der Waals surface area contributed by atoms with Gasteiger partial charge < -0.3 is 5.32 Å². The summed E-state index contributed by atoms with van der Waals surface area (Å²) in [5.74, 6) is 0.168. The van der Waals surface area contributed by atoms with E-state index in [-0.39, 0.29) is 17.9 Å². The first-order valence-corrected chi connectivity index (χ1v) is 7.03. The molecule has 5 nitrogen and oxygen atoms in total. The van der Waals surface area contributed by atoms with E-state index in [1.807, 2.05) is 20.8 Å². The molecule has 19 heavy (non-hydrogen) atoms. The van der Waals surface area contributed by atoms with E-state index in [1.165, 1.54) is 0 Å². The largest absolute Gasteiger partial charge is 0.359 e. The maximum Gasteiger partial charge on any atom is 0.224 e. The highest BCUT2D eigenvalue weighted by Crippen LogP contribution is 2.19. The van der Waals surface area contributed by atoms with Crippen molar-refractivity contribution in [2.45, 2.75) is 45.2 Å². The minimum Gasteiger partial charge on any atom is -0.359 e. The van der Waals surface area contributed by atoms with Crippen LogP contribution in [0.5, 0.6) is 0 Å². The summed E-state index contributed by atoms with van der Waals surface area (Å²) in [5.41, 5.74) is -0.557. The molecule has 108 valence electrons. The van der Waals surface area contributed by atoms with Gasteiger partial charge in [-0.2, -0.15) is 5.26 Å². The van der Waals surface area contributed by atoms with Crippen LogP contribution in [0.1, 0.15) is 33.6 Å². The highest BCUT2D eigenvalue weighted by Gasteiger charge is 2.31. The summed E-state index contributed by atoms with van der Waals surface area (Å²) in [6, 6.07) is 2.63. The highest BCUT2D eigenvalue weighted by atomic mass is 16.1. The number of amides is 1. The average molecular weight is 266 g/mol. The van der Waals surface area contributed by atoms with E-state index in [0.29, 0.717) is 6.54 Å². The van der Waals surface area contributed by atoms with E-state index in [0.717, 1.165) is 25.9 Å². The van der Waals surface area contributed by atoms with E-state index >= 15 is 0 Å². The molecule has 0 aliphatic carbocycles. The lowest BCUT2D eigenvalue weighted by Crippen LogP contribution is -2.55. The lowest BCUT2D eigenvalue weighted by atomic mass is 9.94. The highest BCUT2D eigenvalue weighted by molar-refractivity contribution is 5.78. The molecule has 0 saturated carbocycles. The van der Waals surface area contributed by atoms with Crippen molar-refractivity contribution >= 4 is 5.91 Å². The van der Waals surface area contributed by atoms with Gasteiger partial charge in [0.15, 0.2) is 0 Å². The van der Waals surface area contributed by atoms with Crippen molar-refractivity contribution in [3.05, 3.63) is 0 Å². The number of hydrogen-bond acceptors (Lipinski definition) is 4. The van der Waals surface area contributed by atoms with Crippen LogP contribution in [0.25, 0.3) is 0 Å². The first-order valence-electron chi connectivity index (χ1n) is 7.03. The van der Waals surface area contributed by atoms with Crippen LogP contribution in [-0.4, -0.2) is 49.1 Å². The number of rotatable bonds is 5. The Balaban J connectivity index is 2.60. The maximum atomic E-state index is 11.7. The van der Waals surface area contributed by atoms with Crippen molar-refractivity contribution in [3.8, 4) is 6.07 Å². The molecule has 5 heteroatoms. The summed E-state index contributed by atoms with van der Waals surface area (Å²) in [7, 11) is 1.68. The summed E-state index contributed by atoms with van der Waals surface area (Å²) >= 11 is 0. The fourth-order valence-electron chi connectivity index (χ4n) is 2.81. The minimum atomic E-state index is -0.557. The lowest BCUT2D eigenvalue weighted by molar-refractivity contribution is -0.126. The molecule has 1 aliphatic heterocycles. The minimum absolute atomic E-state index is 0.0562. The van der Waals surface area contributed by atoms with Gasteiger partial charge in [0.1, 0.15) is 5.54 Å². The van der Waals surface area contributed by atoms with E-state index < -0.39 is 5.54 Å². The zero-order valence-electron chi connectivity index (χ0n) is 12.5. The Labute approximate surface area is 116 Å². The van der Waals surface area contributed by atoms with Gasteiger partial charge in [-0.15, -0.1) is 0 Å². The maximum absolute atomic E-state index is 11.7. The summed E-state index contributed by atoms with van der Waals surface area (Å²) < 4.78 is 0. The number of hydrogen-bond donors (Lipinski definition) is 2. The number of piperidine rings is 1. The predicted molar refractivity (Wildman–Crippen MR) is 75.5 cm³/mol. The number of nitrogens with zero attached hydrogens (tertiary/aromatic N) is 2. The summed E-state index contributed by atoms with van der Waals surface area (Å²) in [5, 5.41) is 15.4. The zero-order valence-corrected chi connectivity index (χ0v) is 12.5. The monoisotopic (exact) mass is 266 g/mol. The molecule has 1 amide bonds. The molecule has 0 aromatic rings. The van der Waals surface area contributed by atoms with Crippen LogP contribution < -0.4 is 10.6 Å². The number of nitrogens with one attached hydrogen (secondary N) is 2. The molecule has 2 unspecified atom stereocenters. The second-order valence-corrected chi connectivity index (χ2v) is 5.93. The van der Waals surface area contributed by atoms with Crippen molar-refractivity contribution < 1.29 is 4.79 Å². The van der Waals surface area contributed by atoms with Gasteiger partial charge in [-0.1, -0.05) is 0 Å². The van der Waals surface area contributed by atoms with Gasteiger partial charge in [-0.25, -0.2) is 0 Å². The van der Waals surface area contributed by atoms with Crippen molar-refractivity contribution in [2.75, 3.05) is 26.7 Å². The quantitative estimate of drug-likeness (QED) is 0.769. The number of nitriles is 1. The normalized spacial score (nSPS) is 23.7. The molecule has 1 saturated heterocycles. The molecule has 0 bridgehead atoms. The second kappa shape index (κ2) is 6.88. The number of carbonyl (C=O) groups is 1. The van der Waals surface area contributed by atoms with Crippen molar-refractivity contribution in [3.63, 3.8) is 0 Å². The van der Waals surface area contributed by atoms with Gasteiger partial charge in [-0.05, 0) is 40.2 Å². The van der Waals surface area contributed by atoms with Gasteiger partial charge in [0, 0.05) is 26.2 Å². The molecule has 1 heterocycles. The molecule has 1 fully saturated rings. The summed E-state index contributed by atoms with van der Waals surface area (Å²) in [6.45, 7) is 8.38. The Bertz CT molecular complexity index is 350. The van der Waals surface area contributed by atoms with Gasteiger partial charge in [0.2, 0.25) is 5.91 Å². The Morgan fingerprint density at radius 1 is 1.58 bits per heavy atom. The standard InChI is InChI=1S/C14H26N4O/c1-11(2)17-14(3,9-15)10-18-7-5-6-12(8-18)13(19)16-4/h11-12,17H,5-8,10H2,1-4H3,(H,16,19). The average Bonchev–Trinajstić information content (AvgIpc) is 2.37. The molecule has 0 spiro atoms. The van der Waals surface area contributed by atoms with Gasteiger partial charge in [-0.3, -0.25) is 15.0 Å². The first-order chi connectivity index (χ1) is 8.90. The van der Waals surface area contributed by atoms with Crippen LogP contribution in [0.4, 0.5) is 0 Å². The SMILES string of the molecule is CNC(=O)C1CCCN(CC(C)(C#N)NC(C)C)C1. The van der Waals surface area contributed by atoms with Crippen molar-refractivity contribution in [1.82, 2.24) is 15.5 Å². The Morgan fingerprint density at radius 3 is 2.79 bits per heavy atom. The number of carbonyl (C=O) groups excluding carboxylic acids is 1. The van der Waals surface area contributed by atoms with Crippen molar-refractivity contribution in [1.29, 1.82) is 5.26 Å². The topological polar surface area (TPSA) is 68.2 Å². The molecule has 2 atom stereocenters. The molecule has 2 N–H and O–H groups in total.